The molecule has 0 spiro atoms. The van der Waals surface area contributed by atoms with E-state index >= 15 is 0 Å². The van der Waals surface area contributed by atoms with Gasteiger partial charge in [0.15, 0.2) is 5.82 Å². The molecule has 1 aromatic heterocycles. The standard InChI is InChI=1S/C14H15N3O2/c1-10-5-2-3-6-11(10)12(18)16-14(7-4-8-14)13-15-9-19-17-13/h2-3,5-6,9H,4,7-8H2,1H3,(H,16,18). The number of hydrogen-bond donors (Lipinski definition) is 1. The Morgan fingerprint density at radius 1 is 1.37 bits per heavy atom. The molecule has 19 heavy (non-hydrogen) atoms. The fourth-order valence-electron chi connectivity index (χ4n) is 2.43. The van der Waals surface area contributed by atoms with Gasteiger partial charge in [0.2, 0.25) is 6.39 Å². The van der Waals surface area contributed by atoms with Crippen molar-refractivity contribution in [3.05, 3.63) is 47.6 Å². The Hall–Kier alpha value is -2.17. The predicted molar refractivity (Wildman–Crippen MR) is 68.5 cm³/mol. The highest BCUT2D eigenvalue weighted by atomic mass is 16.5. The van der Waals surface area contributed by atoms with Gasteiger partial charge in [0.25, 0.3) is 5.91 Å². The topological polar surface area (TPSA) is 68.0 Å². The van der Waals surface area contributed by atoms with Gasteiger partial charge in [-0.05, 0) is 37.8 Å². The molecule has 1 saturated carbocycles. The Labute approximate surface area is 111 Å². The van der Waals surface area contributed by atoms with Gasteiger partial charge in [0.05, 0.1) is 0 Å². The molecule has 1 N–H and O–H groups in total. The van der Waals surface area contributed by atoms with Crippen molar-refractivity contribution in [2.75, 3.05) is 0 Å². The van der Waals surface area contributed by atoms with Crippen molar-refractivity contribution in [3.8, 4) is 0 Å². The molecule has 0 saturated heterocycles. The maximum atomic E-state index is 12.4. The zero-order valence-corrected chi connectivity index (χ0v) is 10.7. The van der Waals surface area contributed by atoms with E-state index in [9.17, 15) is 4.79 Å². The van der Waals surface area contributed by atoms with Crippen LogP contribution in [0.25, 0.3) is 0 Å². The molecule has 5 nitrogen and oxygen atoms in total. The molecule has 1 amide bonds. The van der Waals surface area contributed by atoms with Gasteiger partial charge >= 0.3 is 0 Å². The van der Waals surface area contributed by atoms with Crippen molar-refractivity contribution in [2.24, 2.45) is 0 Å². The van der Waals surface area contributed by atoms with Crippen LogP contribution in [0.2, 0.25) is 0 Å². The third-order valence-electron chi connectivity index (χ3n) is 3.74. The molecule has 1 aromatic carbocycles. The van der Waals surface area contributed by atoms with E-state index in [0.717, 1.165) is 24.8 Å². The fraction of sp³-hybridized carbons (Fsp3) is 0.357. The molecule has 98 valence electrons. The van der Waals surface area contributed by atoms with Gasteiger partial charge in [0.1, 0.15) is 5.54 Å². The highest BCUT2D eigenvalue weighted by molar-refractivity contribution is 5.96. The highest BCUT2D eigenvalue weighted by Gasteiger charge is 2.44. The Kier molecular flexibility index (Phi) is 2.81. The Morgan fingerprint density at radius 3 is 2.74 bits per heavy atom. The number of carbonyl (C=O) groups excluding carboxylic acids is 1. The molecular weight excluding hydrogens is 242 g/mol. The van der Waals surface area contributed by atoms with Gasteiger partial charge in [-0.2, -0.15) is 4.98 Å². The molecule has 0 radical (unpaired) electrons. The van der Waals surface area contributed by atoms with E-state index in [-0.39, 0.29) is 5.91 Å². The molecule has 0 aliphatic heterocycles. The predicted octanol–water partition coefficient (Wildman–Crippen LogP) is 2.19. The minimum atomic E-state index is -0.452. The molecule has 1 heterocycles. The third-order valence-corrected chi connectivity index (χ3v) is 3.74. The molecule has 2 aromatic rings. The maximum absolute atomic E-state index is 12.4. The van der Waals surface area contributed by atoms with E-state index in [1.165, 1.54) is 6.39 Å². The van der Waals surface area contributed by atoms with Crippen LogP contribution in [0.5, 0.6) is 0 Å². The molecule has 1 fully saturated rings. The average molecular weight is 257 g/mol. The monoisotopic (exact) mass is 257 g/mol. The van der Waals surface area contributed by atoms with Crippen molar-refractivity contribution < 1.29 is 9.32 Å². The largest absolute Gasteiger partial charge is 0.343 e. The minimum Gasteiger partial charge on any atom is -0.343 e. The molecule has 1 aliphatic carbocycles. The number of rotatable bonds is 3. The van der Waals surface area contributed by atoms with Gasteiger partial charge in [0, 0.05) is 5.56 Å². The zero-order chi connectivity index (χ0) is 13.3. The smallest absolute Gasteiger partial charge is 0.252 e. The van der Waals surface area contributed by atoms with Crippen molar-refractivity contribution in [1.29, 1.82) is 0 Å². The first-order valence-electron chi connectivity index (χ1n) is 6.36. The summed E-state index contributed by atoms with van der Waals surface area (Å²) in [6, 6.07) is 7.54. The SMILES string of the molecule is Cc1ccccc1C(=O)NC1(c2ncon2)CCC1. The summed E-state index contributed by atoms with van der Waals surface area (Å²) in [4.78, 5) is 16.5. The van der Waals surface area contributed by atoms with Gasteiger partial charge in [-0.1, -0.05) is 23.4 Å². The molecule has 0 unspecified atom stereocenters. The van der Waals surface area contributed by atoms with Crippen molar-refractivity contribution in [2.45, 2.75) is 31.7 Å². The van der Waals surface area contributed by atoms with Crippen LogP contribution < -0.4 is 5.32 Å². The number of hydrogen-bond acceptors (Lipinski definition) is 4. The van der Waals surface area contributed by atoms with Crippen LogP contribution >= 0.6 is 0 Å². The minimum absolute atomic E-state index is 0.0809. The normalized spacial score (nSPS) is 16.7. The molecule has 5 heteroatoms. The van der Waals surface area contributed by atoms with Gasteiger partial charge in [-0.15, -0.1) is 0 Å². The lowest BCUT2D eigenvalue weighted by molar-refractivity contribution is 0.0804. The lowest BCUT2D eigenvalue weighted by atomic mass is 9.76. The van der Waals surface area contributed by atoms with Crippen molar-refractivity contribution in [3.63, 3.8) is 0 Å². The lowest BCUT2D eigenvalue weighted by Crippen LogP contribution is -2.51. The quantitative estimate of drug-likeness (QED) is 0.915. The first-order valence-corrected chi connectivity index (χ1v) is 6.36. The van der Waals surface area contributed by atoms with Crippen LogP contribution in [0.1, 0.15) is 41.0 Å². The Balaban J connectivity index is 1.85. The summed E-state index contributed by atoms with van der Waals surface area (Å²) in [5.74, 6) is 0.489. The average Bonchev–Trinajstić information content (AvgIpc) is 2.88. The number of nitrogens with zero attached hydrogens (tertiary/aromatic N) is 2. The third kappa shape index (κ3) is 2.01. The molecule has 3 rings (SSSR count). The van der Waals surface area contributed by atoms with Crippen LogP contribution in [-0.2, 0) is 5.54 Å². The second-order valence-electron chi connectivity index (χ2n) is 4.96. The number of benzene rings is 1. The number of aromatic nitrogens is 2. The van der Waals surface area contributed by atoms with Crippen LogP contribution in [0.3, 0.4) is 0 Å². The van der Waals surface area contributed by atoms with Crippen LogP contribution in [-0.4, -0.2) is 16.0 Å². The highest BCUT2D eigenvalue weighted by Crippen LogP contribution is 2.39. The number of carbonyl (C=O) groups is 1. The summed E-state index contributed by atoms with van der Waals surface area (Å²) in [6.45, 7) is 1.93. The summed E-state index contributed by atoms with van der Waals surface area (Å²) < 4.78 is 4.79. The summed E-state index contributed by atoms with van der Waals surface area (Å²) in [5.41, 5.74) is 1.20. The van der Waals surface area contributed by atoms with Crippen LogP contribution in [0.4, 0.5) is 0 Å². The Morgan fingerprint density at radius 2 is 2.16 bits per heavy atom. The van der Waals surface area contributed by atoms with Crippen molar-refractivity contribution >= 4 is 5.91 Å². The number of aryl methyl sites for hydroxylation is 1. The van der Waals surface area contributed by atoms with E-state index in [1.807, 2.05) is 31.2 Å². The van der Waals surface area contributed by atoms with Crippen LogP contribution in [0.15, 0.2) is 35.2 Å². The fourth-order valence-corrected chi connectivity index (χ4v) is 2.43. The van der Waals surface area contributed by atoms with Crippen molar-refractivity contribution in [1.82, 2.24) is 15.5 Å². The molecular formula is C14H15N3O2. The van der Waals surface area contributed by atoms with Crippen LogP contribution in [0, 0.1) is 6.92 Å². The molecule has 0 atom stereocenters. The molecule has 1 aliphatic rings. The second-order valence-corrected chi connectivity index (χ2v) is 4.96. The maximum Gasteiger partial charge on any atom is 0.252 e. The number of amides is 1. The summed E-state index contributed by atoms with van der Waals surface area (Å²) in [6.07, 6.45) is 4.06. The first kappa shape index (κ1) is 11.9. The van der Waals surface area contributed by atoms with E-state index in [0.29, 0.717) is 11.4 Å². The second kappa shape index (κ2) is 4.50. The summed E-state index contributed by atoms with van der Waals surface area (Å²) in [5, 5.41) is 6.94. The van der Waals surface area contributed by atoms with E-state index < -0.39 is 5.54 Å². The summed E-state index contributed by atoms with van der Waals surface area (Å²) in [7, 11) is 0. The molecule has 0 bridgehead atoms. The lowest BCUT2D eigenvalue weighted by Gasteiger charge is -2.39. The summed E-state index contributed by atoms with van der Waals surface area (Å²) >= 11 is 0. The number of nitrogens with one attached hydrogen (secondary N) is 1. The van der Waals surface area contributed by atoms with E-state index in [1.54, 1.807) is 0 Å². The zero-order valence-electron chi connectivity index (χ0n) is 10.7. The van der Waals surface area contributed by atoms with Gasteiger partial charge in [-0.3, -0.25) is 4.79 Å². The Bertz CT molecular complexity index is 588. The van der Waals surface area contributed by atoms with E-state index in [4.69, 9.17) is 4.52 Å². The van der Waals surface area contributed by atoms with E-state index in [2.05, 4.69) is 15.5 Å². The van der Waals surface area contributed by atoms with Gasteiger partial charge in [-0.25, -0.2) is 0 Å². The first-order chi connectivity index (χ1) is 9.21. The van der Waals surface area contributed by atoms with Gasteiger partial charge < -0.3 is 9.84 Å².